The third-order valence-electron chi connectivity index (χ3n) is 3.87. The molecule has 0 spiro atoms. The lowest BCUT2D eigenvalue weighted by Gasteiger charge is -2.37. The first-order valence-electron chi connectivity index (χ1n) is 6.95. The Morgan fingerprint density at radius 1 is 1.28 bits per heavy atom. The second kappa shape index (κ2) is 5.65. The van der Waals surface area contributed by atoms with Crippen molar-refractivity contribution < 1.29 is 0 Å². The minimum Gasteiger partial charge on any atom is -0.363 e. The molecule has 0 bridgehead atoms. The van der Waals surface area contributed by atoms with Crippen molar-refractivity contribution >= 4 is 5.82 Å². The van der Waals surface area contributed by atoms with E-state index in [1.165, 1.54) is 19.3 Å². The summed E-state index contributed by atoms with van der Waals surface area (Å²) in [5, 5.41) is 3.56. The molecule has 4 nitrogen and oxygen atoms in total. The Hall–Kier alpha value is -1.16. The van der Waals surface area contributed by atoms with Gasteiger partial charge in [0.1, 0.15) is 12.1 Å². The fourth-order valence-corrected chi connectivity index (χ4v) is 2.64. The highest BCUT2D eigenvalue weighted by Gasteiger charge is 2.30. The summed E-state index contributed by atoms with van der Waals surface area (Å²) in [6, 6.07) is 2.05. The SMILES string of the molecule is CC(C)c1cc(NC2(CN)CCCCC2)ncn1. The van der Waals surface area contributed by atoms with E-state index in [1.54, 1.807) is 6.33 Å². The number of aromatic nitrogens is 2. The van der Waals surface area contributed by atoms with Crippen molar-refractivity contribution in [2.45, 2.75) is 57.4 Å². The second-order valence-corrected chi connectivity index (χ2v) is 5.65. The van der Waals surface area contributed by atoms with Gasteiger partial charge in [0.15, 0.2) is 0 Å². The Kier molecular flexibility index (Phi) is 4.17. The van der Waals surface area contributed by atoms with Crippen molar-refractivity contribution in [2.75, 3.05) is 11.9 Å². The highest BCUT2D eigenvalue weighted by Crippen LogP contribution is 2.30. The van der Waals surface area contributed by atoms with E-state index < -0.39 is 0 Å². The van der Waals surface area contributed by atoms with Gasteiger partial charge >= 0.3 is 0 Å². The monoisotopic (exact) mass is 248 g/mol. The van der Waals surface area contributed by atoms with E-state index in [9.17, 15) is 0 Å². The molecule has 2 rings (SSSR count). The summed E-state index contributed by atoms with van der Waals surface area (Å²) in [7, 11) is 0. The molecule has 1 heterocycles. The zero-order valence-corrected chi connectivity index (χ0v) is 11.4. The van der Waals surface area contributed by atoms with Gasteiger partial charge in [-0.05, 0) is 18.8 Å². The van der Waals surface area contributed by atoms with Gasteiger partial charge in [0.05, 0.1) is 5.54 Å². The van der Waals surface area contributed by atoms with Gasteiger partial charge in [-0.15, -0.1) is 0 Å². The van der Waals surface area contributed by atoms with Crippen LogP contribution in [-0.4, -0.2) is 22.1 Å². The van der Waals surface area contributed by atoms with Gasteiger partial charge in [-0.1, -0.05) is 33.1 Å². The van der Waals surface area contributed by atoms with Crippen LogP contribution in [0, 0.1) is 0 Å². The molecule has 0 unspecified atom stereocenters. The lowest BCUT2D eigenvalue weighted by molar-refractivity contribution is 0.330. The Morgan fingerprint density at radius 2 is 2.00 bits per heavy atom. The smallest absolute Gasteiger partial charge is 0.130 e. The van der Waals surface area contributed by atoms with Crippen LogP contribution >= 0.6 is 0 Å². The van der Waals surface area contributed by atoms with E-state index in [1.807, 2.05) is 0 Å². The average Bonchev–Trinajstić information content (AvgIpc) is 2.40. The number of rotatable bonds is 4. The highest BCUT2D eigenvalue weighted by atomic mass is 15.1. The number of nitrogens with one attached hydrogen (secondary N) is 1. The summed E-state index contributed by atoms with van der Waals surface area (Å²) in [5.74, 6) is 1.34. The van der Waals surface area contributed by atoms with Crippen LogP contribution in [0.4, 0.5) is 5.82 Å². The van der Waals surface area contributed by atoms with Crippen LogP contribution in [0.2, 0.25) is 0 Å². The number of hydrogen-bond donors (Lipinski definition) is 2. The molecule has 1 saturated carbocycles. The number of nitrogens with two attached hydrogens (primary N) is 1. The number of nitrogens with zero attached hydrogens (tertiary/aromatic N) is 2. The summed E-state index contributed by atoms with van der Waals surface area (Å²) in [5.41, 5.74) is 7.10. The first-order valence-corrected chi connectivity index (χ1v) is 6.95. The Balaban J connectivity index is 2.13. The van der Waals surface area contributed by atoms with Crippen LogP contribution in [0.5, 0.6) is 0 Å². The molecule has 3 N–H and O–H groups in total. The summed E-state index contributed by atoms with van der Waals surface area (Å²) < 4.78 is 0. The molecule has 1 aliphatic rings. The van der Waals surface area contributed by atoms with E-state index in [0.29, 0.717) is 12.5 Å². The zero-order chi connectivity index (χ0) is 13.0. The molecule has 0 radical (unpaired) electrons. The van der Waals surface area contributed by atoms with Gasteiger partial charge in [-0.25, -0.2) is 9.97 Å². The minimum absolute atomic E-state index is 0.0425. The third kappa shape index (κ3) is 2.99. The van der Waals surface area contributed by atoms with E-state index in [2.05, 4.69) is 35.2 Å². The van der Waals surface area contributed by atoms with Crippen molar-refractivity contribution in [3.8, 4) is 0 Å². The molecule has 1 aromatic heterocycles. The minimum atomic E-state index is 0.0425. The first-order chi connectivity index (χ1) is 8.65. The van der Waals surface area contributed by atoms with Crippen LogP contribution in [0.1, 0.15) is 57.6 Å². The van der Waals surface area contributed by atoms with E-state index in [-0.39, 0.29) is 5.54 Å². The van der Waals surface area contributed by atoms with Crippen molar-refractivity contribution in [3.63, 3.8) is 0 Å². The lowest BCUT2D eigenvalue weighted by atomic mass is 9.81. The Bertz CT molecular complexity index is 383. The second-order valence-electron chi connectivity index (χ2n) is 5.65. The van der Waals surface area contributed by atoms with E-state index in [4.69, 9.17) is 5.73 Å². The first kappa shape index (κ1) is 13.3. The quantitative estimate of drug-likeness (QED) is 0.860. The van der Waals surface area contributed by atoms with Gasteiger partial charge in [-0.3, -0.25) is 0 Å². The van der Waals surface area contributed by atoms with Gasteiger partial charge in [-0.2, -0.15) is 0 Å². The fourth-order valence-electron chi connectivity index (χ4n) is 2.64. The maximum Gasteiger partial charge on any atom is 0.130 e. The molecule has 0 aliphatic heterocycles. The maximum absolute atomic E-state index is 5.98. The average molecular weight is 248 g/mol. The lowest BCUT2D eigenvalue weighted by Crippen LogP contribution is -2.47. The molecule has 18 heavy (non-hydrogen) atoms. The van der Waals surface area contributed by atoms with Gasteiger partial charge in [0.25, 0.3) is 0 Å². The normalized spacial score (nSPS) is 18.9. The van der Waals surface area contributed by atoms with Crippen LogP contribution < -0.4 is 11.1 Å². The maximum atomic E-state index is 5.98. The summed E-state index contributed by atoms with van der Waals surface area (Å²) in [6.45, 7) is 4.96. The predicted octanol–water partition coefficient (Wildman–Crippen LogP) is 2.67. The molecule has 4 heteroatoms. The summed E-state index contributed by atoms with van der Waals surface area (Å²) in [4.78, 5) is 8.63. The standard InChI is InChI=1S/C14H24N4/c1-11(2)12-8-13(17-10-16-12)18-14(9-15)6-4-3-5-7-14/h8,10-11H,3-7,9,15H2,1-2H3,(H,16,17,18). The molecule has 0 atom stereocenters. The summed E-state index contributed by atoms with van der Waals surface area (Å²) >= 11 is 0. The molecule has 0 aromatic carbocycles. The molecular weight excluding hydrogens is 224 g/mol. The van der Waals surface area contributed by atoms with Crippen LogP contribution in [0.15, 0.2) is 12.4 Å². The summed E-state index contributed by atoms with van der Waals surface area (Å²) in [6.07, 6.45) is 7.77. The van der Waals surface area contributed by atoms with Crippen LogP contribution in [0.3, 0.4) is 0 Å². The third-order valence-corrected chi connectivity index (χ3v) is 3.87. The largest absolute Gasteiger partial charge is 0.363 e. The zero-order valence-electron chi connectivity index (χ0n) is 11.4. The Labute approximate surface area is 109 Å². The highest BCUT2D eigenvalue weighted by molar-refractivity contribution is 5.39. The van der Waals surface area contributed by atoms with Gasteiger partial charge in [0.2, 0.25) is 0 Å². The molecule has 100 valence electrons. The van der Waals surface area contributed by atoms with Crippen molar-refractivity contribution in [2.24, 2.45) is 5.73 Å². The molecular formula is C14H24N4. The van der Waals surface area contributed by atoms with Crippen molar-refractivity contribution in [1.82, 2.24) is 9.97 Å². The van der Waals surface area contributed by atoms with Crippen molar-refractivity contribution in [3.05, 3.63) is 18.1 Å². The van der Waals surface area contributed by atoms with E-state index >= 15 is 0 Å². The van der Waals surface area contributed by atoms with Crippen molar-refractivity contribution in [1.29, 1.82) is 0 Å². The fraction of sp³-hybridized carbons (Fsp3) is 0.714. The molecule has 1 fully saturated rings. The van der Waals surface area contributed by atoms with Crippen LogP contribution in [0.25, 0.3) is 0 Å². The van der Waals surface area contributed by atoms with Crippen LogP contribution in [-0.2, 0) is 0 Å². The van der Waals surface area contributed by atoms with Gasteiger partial charge in [0, 0.05) is 18.3 Å². The molecule has 1 aromatic rings. The molecule has 0 amide bonds. The molecule has 1 aliphatic carbocycles. The Morgan fingerprint density at radius 3 is 2.61 bits per heavy atom. The molecule has 0 saturated heterocycles. The van der Waals surface area contributed by atoms with E-state index in [0.717, 1.165) is 24.4 Å². The topological polar surface area (TPSA) is 63.8 Å². The predicted molar refractivity (Wildman–Crippen MR) is 74.6 cm³/mol. The number of hydrogen-bond acceptors (Lipinski definition) is 4. The number of anilines is 1. The van der Waals surface area contributed by atoms with Gasteiger partial charge < -0.3 is 11.1 Å².